The molecule has 2 aromatic carbocycles. The fourth-order valence-electron chi connectivity index (χ4n) is 4.41. The molecule has 0 bridgehead atoms. The number of carbonyl (C=O) groups is 3. The zero-order valence-electron chi connectivity index (χ0n) is 18.7. The van der Waals surface area contributed by atoms with E-state index in [1.165, 1.54) is 11.8 Å². The highest BCUT2D eigenvalue weighted by Crippen LogP contribution is 2.36. The van der Waals surface area contributed by atoms with Crippen LogP contribution in [0, 0.1) is 0 Å². The highest BCUT2D eigenvalue weighted by atomic mass is 16.2. The second-order valence-corrected chi connectivity index (χ2v) is 8.41. The van der Waals surface area contributed by atoms with Crippen LogP contribution in [0.5, 0.6) is 0 Å². The molecule has 2 heterocycles. The number of amides is 3. The summed E-state index contributed by atoms with van der Waals surface area (Å²) in [4.78, 5) is 44.1. The summed E-state index contributed by atoms with van der Waals surface area (Å²) in [6, 6.07) is 16.3. The molecule has 0 atom stereocenters. The standard InChI is InChI=1S/C25H28N4O3/c1-17(30)26-19-11-9-18(10-12-19)22-23(28(3)20-13-15-27(2)16-14-20)25(32)29(24(22)31)21-7-5-4-6-8-21/h4-12,20H,13-16H2,1-3H3,(H,26,30). The summed E-state index contributed by atoms with van der Waals surface area (Å²) in [7, 11) is 4.01. The summed E-state index contributed by atoms with van der Waals surface area (Å²) in [5.74, 6) is -0.797. The zero-order valence-corrected chi connectivity index (χ0v) is 18.7. The largest absolute Gasteiger partial charge is 0.366 e. The predicted molar refractivity (Wildman–Crippen MR) is 125 cm³/mol. The van der Waals surface area contributed by atoms with Gasteiger partial charge < -0.3 is 15.1 Å². The van der Waals surface area contributed by atoms with E-state index in [0.29, 0.717) is 28.2 Å². The number of para-hydroxylation sites is 1. The summed E-state index contributed by atoms with van der Waals surface area (Å²) in [6.07, 6.45) is 1.86. The minimum Gasteiger partial charge on any atom is -0.366 e. The molecule has 2 aliphatic heterocycles. The van der Waals surface area contributed by atoms with Crippen molar-refractivity contribution >= 4 is 34.7 Å². The van der Waals surface area contributed by atoms with Crippen molar-refractivity contribution in [3.8, 4) is 0 Å². The molecular formula is C25H28N4O3. The van der Waals surface area contributed by atoms with Crippen LogP contribution in [0.25, 0.3) is 5.57 Å². The smallest absolute Gasteiger partial charge is 0.282 e. The minimum atomic E-state index is -0.330. The molecule has 1 fully saturated rings. The number of anilines is 2. The van der Waals surface area contributed by atoms with Gasteiger partial charge in [0.1, 0.15) is 5.70 Å². The van der Waals surface area contributed by atoms with Crippen molar-refractivity contribution in [1.82, 2.24) is 9.80 Å². The number of nitrogens with one attached hydrogen (secondary N) is 1. The average Bonchev–Trinajstić information content (AvgIpc) is 3.04. The van der Waals surface area contributed by atoms with Gasteiger partial charge >= 0.3 is 0 Å². The van der Waals surface area contributed by atoms with Gasteiger partial charge in [-0.2, -0.15) is 0 Å². The van der Waals surface area contributed by atoms with E-state index in [4.69, 9.17) is 0 Å². The number of hydrogen-bond acceptors (Lipinski definition) is 5. The lowest BCUT2D eigenvalue weighted by atomic mass is 10.00. The Morgan fingerprint density at radius 2 is 1.59 bits per heavy atom. The molecule has 166 valence electrons. The molecule has 2 aliphatic rings. The summed E-state index contributed by atoms with van der Waals surface area (Å²) in [5, 5.41) is 2.73. The first-order valence-electron chi connectivity index (χ1n) is 10.8. The van der Waals surface area contributed by atoms with Crippen LogP contribution in [0.2, 0.25) is 0 Å². The summed E-state index contributed by atoms with van der Waals surface area (Å²) in [5.41, 5.74) is 2.69. The Balaban J connectivity index is 1.75. The van der Waals surface area contributed by atoms with Gasteiger partial charge in [-0.25, -0.2) is 4.90 Å². The normalized spacial score (nSPS) is 17.8. The second-order valence-electron chi connectivity index (χ2n) is 8.41. The zero-order chi connectivity index (χ0) is 22.8. The third-order valence-corrected chi connectivity index (χ3v) is 6.16. The van der Waals surface area contributed by atoms with Gasteiger partial charge in [0, 0.05) is 25.7 Å². The first-order valence-corrected chi connectivity index (χ1v) is 10.8. The van der Waals surface area contributed by atoms with Gasteiger partial charge in [-0.1, -0.05) is 30.3 Å². The van der Waals surface area contributed by atoms with Crippen molar-refractivity contribution in [3.05, 3.63) is 65.9 Å². The monoisotopic (exact) mass is 432 g/mol. The van der Waals surface area contributed by atoms with Crippen LogP contribution in [0.1, 0.15) is 25.3 Å². The van der Waals surface area contributed by atoms with E-state index in [9.17, 15) is 14.4 Å². The van der Waals surface area contributed by atoms with Crippen LogP contribution in [-0.4, -0.2) is 60.7 Å². The topological polar surface area (TPSA) is 73.0 Å². The average molecular weight is 433 g/mol. The van der Waals surface area contributed by atoms with Gasteiger partial charge in [0.15, 0.2) is 0 Å². The molecule has 4 rings (SSSR count). The van der Waals surface area contributed by atoms with Gasteiger partial charge in [0.2, 0.25) is 5.91 Å². The number of carbonyl (C=O) groups excluding carboxylic acids is 3. The molecule has 3 amide bonds. The predicted octanol–water partition coefficient (Wildman–Crippen LogP) is 2.96. The number of piperidine rings is 1. The quantitative estimate of drug-likeness (QED) is 0.736. The van der Waals surface area contributed by atoms with Crippen molar-refractivity contribution in [1.29, 1.82) is 0 Å². The van der Waals surface area contributed by atoms with Gasteiger partial charge in [0.05, 0.1) is 11.3 Å². The van der Waals surface area contributed by atoms with E-state index in [2.05, 4.69) is 17.3 Å². The number of rotatable bonds is 5. The fourth-order valence-corrected chi connectivity index (χ4v) is 4.41. The number of nitrogens with zero attached hydrogens (tertiary/aromatic N) is 3. The Morgan fingerprint density at radius 1 is 0.969 bits per heavy atom. The third kappa shape index (κ3) is 4.16. The molecule has 1 N–H and O–H groups in total. The number of imide groups is 1. The van der Waals surface area contributed by atoms with E-state index in [0.717, 1.165) is 25.9 Å². The first kappa shape index (κ1) is 21.8. The highest BCUT2D eigenvalue weighted by molar-refractivity contribution is 6.45. The SMILES string of the molecule is CC(=O)Nc1ccc(C2=C(N(C)C3CCN(C)CC3)C(=O)N(c3ccccc3)C2=O)cc1. The second kappa shape index (κ2) is 8.96. The molecule has 7 nitrogen and oxygen atoms in total. The van der Waals surface area contributed by atoms with Crippen LogP contribution in [-0.2, 0) is 14.4 Å². The lowest BCUT2D eigenvalue weighted by Gasteiger charge is -2.36. The molecule has 0 saturated carbocycles. The Kier molecular flexibility index (Phi) is 6.10. The molecule has 0 aromatic heterocycles. The van der Waals surface area contributed by atoms with E-state index >= 15 is 0 Å². The van der Waals surface area contributed by atoms with Crippen LogP contribution in [0.3, 0.4) is 0 Å². The van der Waals surface area contributed by atoms with Crippen molar-refractivity contribution in [3.63, 3.8) is 0 Å². The maximum atomic E-state index is 13.6. The highest BCUT2D eigenvalue weighted by Gasteiger charge is 2.43. The molecular weight excluding hydrogens is 404 g/mol. The summed E-state index contributed by atoms with van der Waals surface area (Å²) < 4.78 is 0. The van der Waals surface area contributed by atoms with E-state index < -0.39 is 0 Å². The summed E-state index contributed by atoms with van der Waals surface area (Å²) in [6.45, 7) is 3.35. The number of likely N-dealkylation sites (N-methyl/N-ethyl adjacent to an activating group) is 1. The molecule has 0 unspecified atom stereocenters. The maximum absolute atomic E-state index is 13.6. The number of likely N-dealkylation sites (tertiary alicyclic amines) is 1. The fraction of sp³-hybridized carbons (Fsp3) is 0.320. The maximum Gasteiger partial charge on any atom is 0.282 e. The van der Waals surface area contributed by atoms with E-state index in [1.807, 2.05) is 30.1 Å². The minimum absolute atomic E-state index is 0.165. The van der Waals surface area contributed by atoms with Crippen molar-refractivity contribution in [2.75, 3.05) is 37.4 Å². The Hall–Kier alpha value is -3.45. The van der Waals surface area contributed by atoms with Gasteiger partial charge in [-0.3, -0.25) is 14.4 Å². The van der Waals surface area contributed by atoms with Gasteiger partial charge in [-0.05, 0) is 62.8 Å². The first-order chi connectivity index (χ1) is 15.4. The van der Waals surface area contributed by atoms with Crippen molar-refractivity contribution in [2.45, 2.75) is 25.8 Å². The number of hydrogen-bond donors (Lipinski definition) is 1. The van der Waals surface area contributed by atoms with Crippen molar-refractivity contribution in [2.24, 2.45) is 0 Å². The Morgan fingerprint density at radius 3 is 2.19 bits per heavy atom. The molecule has 1 saturated heterocycles. The third-order valence-electron chi connectivity index (χ3n) is 6.16. The van der Waals surface area contributed by atoms with Crippen molar-refractivity contribution < 1.29 is 14.4 Å². The van der Waals surface area contributed by atoms with E-state index in [1.54, 1.807) is 36.4 Å². The Labute approximate surface area is 188 Å². The molecule has 0 aliphatic carbocycles. The van der Waals surface area contributed by atoms with Crippen LogP contribution in [0.15, 0.2) is 60.3 Å². The summed E-state index contributed by atoms with van der Waals surface area (Å²) >= 11 is 0. The number of benzene rings is 2. The molecule has 32 heavy (non-hydrogen) atoms. The molecule has 0 radical (unpaired) electrons. The van der Waals surface area contributed by atoms with Crippen LogP contribution < -0.4 is 10.2 Å². The molecule has 2 aromatic rings. The van der Waals surface area contributed by atoms with E-state index in [-0.39, 0.29) is 23.8 Å². The molecule has 0 spiro atoms. The van der Waals surface area contributed by atoms with Gasteiger partial charge in [0.25, 0.3) is 11.8 Å². The Bertz CT molecular complexity index is 1050. The lowest BCUT2D eigenvalue weighted by Crippen LogP contribution is -2.43. The van der Waals surface area contributed by atoms with Crippen LogP contribution >= 0.6 is 0 Å². The van der Waals surface area contributed by atoms with Gasteiger partial charge in [-0.15, -0.1) is 0 Å². The van der Waals surface area contributed by atoms with Crippen LogP contribution in [0.4, 0.5) is 11.4 Å². The molecule has 7 heteroatoms. The lowest BCUT2D eigenvalue weighted by molar-refractivity contribution is -0.121.